The third kappa shape index (κ3) is 3.33. The molecule has 1 fully saturated rings. The van der Waals surface area contributed by atoms with Crippen molar-refractivity contribution in [3.63, 3.8) is 0 Å². The van der Waals surface area contributed by atoms with Gasteiger partial charge >= 0.3 is 0 Å². The summed E-state index contributed by atoms with van der Waals surface area (Å²) in [5.74, 6) is 0. The van der Waals surface area contributed by atoms with Crippen LogP contribution < -0.4 is 5.32 Å². The zero-order chi connectivity index (χ0) is 13.2. The van der Waals surface area contributed by atoms with Gasteiger partial charge in [-0.25, -0.2) is 4.98 Å². The van der Waals surface area contributed by atoms with Crippen LogP contribution in [0.4, 0.5) is 0 Å². The summed E-state index contributed by atoms with van der Waals surface area (Å²) >= 11 is 0. The summed E-state index contributed by atoms with van der Waals surface area (Å²) in [6.07, 6.45) is 8.47. The fourth-order valence-corrected chi connectivity index (χ4v) is 2.36. The van der Waals surface area contributed by atoms with Gasteiger partial charge < -0.3 is 14.6 Å². The molecule has 0 spiro atoms. The Balaban J connectivity index is 1.90. The predicted octanol–water partition coefficient (Wildman–Crippen LogP) is 2.06. The minimum Gasteiger partial charge on any atom is -0.381 e. The van der Waals surface area contributed by atoms with Crippen molar-refractivity contribution in [2.75, 3.05) is 7.11 Å². The summed E-state index contributed by atoms with van der Waals surface area (Å²) < 4.78 is 7.48. The van der Waals surface area contributed by atoms with E-state index in [2.05, 4.69) is 35.6 Å². The number of imidazole rings is 1. The summed E-state index contributed by atoms with van der Waals surface area (Å²) in [7, 11) is 1.80. The molecule has 1 aromatic rings. The standard InChI is InChI=1S/C14H25N3O/c1-14(2,3)13(9-17-6-5-15-10-17)16-11-7-12(8-11)18-4/h5-6,10-13,16H,7-9H2,1-4H3. The summed E-state index contributed by atoms with van der Waals surface area (Å²) in [6, 6.07) is 1.05. The minimum atomic E-state index is 0.239. The van der Waals surface area contributed by atoms with Gasteiger partial charge in [-0.3, -0.25) is 0 Å². The van der Waals surface area contributed by atoms with Gasteiger partial charge in [-0.05, 0) is 18.3 Å². The molecule has 0 aliphatic heterocycles. The molecule has 0 saturated heterocycles. The van der Waals surface area contributed by atoms with Crippen LogP contribution in [0.3, 0.4) is 0 Å². The van der Waals surface area contributed by atoms with Gasteiger partial charge in [-0.1, -0.05) is 20.8 Å². The Labute approximate surface area is 110 Å². The largest absolute Gasteiger partial charge is 0.381 e. The van der Waals surface area contributed by atoms with Gasteiger partial charge in [0.05, 0.1) is 12.4 Å². The monoisotopic (exact) mass is 251 g/mol. The van der Waals surface area contributed by atoms with Crippen molar-refractivity contribution in [3.05, 3.63) is 18.7 Å². The molecule has 0 radical (unpaired) electrons. The van der Waals surface area contributed by atoms with E-state index < -0.39 is 0 Å². The van der Waals surface area contributed by atoms with Crippen molar-refractivity contribution in [1.29, 1.82) is 0 Å². The minimum absolute atomic E-state index is 0.239. The Kier molecular flexibility index (Phi) is 4.07. The van der Waals surface area contributed by atoms with Crippen LogP contribution in [0.2, 0.25) is 0 Å². The SMILES string of the molecule is COC1CC(NC(Cn2ccnc2)C(C)(C)C)C1. The van der Waals surface area contributed by atoms with Gasteiger partial charge in [-0.2, -0.15) is 0 Å². The maximum absolute atomic E-state index is 5.33. The van der Waals surface area contributed by atoms with E-state index in [9.17, 15) is 0 Å². The molecule has 102 valence electrons. The Hall–Kier alpha value is -0.870. The fraction of sp³-hybridized carbons (Fsp3) is 0.786. The molecule has 2 rings (SSSR count). The van der Waals surface area contributed by atoms with Crippen LogP contribution in [-0.4, -0.2) is 34.8 Å². The molecule has 1 aromatic heterocycles. The second-order valence-electron chi connectivity index (χ2n) is 6.37. The second kappa shape index (κ2) is 5.41. The number of rotatable bonds is 5. The van der Waals surface area contributed by atoms with E-state index in [1.807, 2.05) is 18.7 Å². The lowest BCUT2D eigenvalue weighted by Crippen LogP contribution is -2.54. The molecule has 1 unspecified atom stereocenters. The van der Waals surface area contributed by atoms with Crippen LogP contribution in [0.25, 0.3) is 0 Å². The molecular weight excluding hydrogens is 226 g/mol. The summed E-state index contributed by atoms with van der Waals surface area (Å²) in [4.78, 5) is 4.11. The molecule has 0 bridgehead atoms. The first-order valence-corrected chi connectivity index (χ1v) is 6.73. The molecule has 0 aromatic carbocycles. The molecule has 0 amide bonds. The van der Waals surface area contributed by atoms with Crippen molar-refractivity contribution in [2.45, 2.75) is 58.3 Å². The highest BCUT2D eigenvalue weighted by Gasteiger charge is 2.34. The lowest BCUT2D eigenvalue weighted by molar-refractivity contribution is 0.00811. The number of hydrogen-bond acceptors (Lipinski definition) is 3. The zero-order valence-corrected chi connectivity index (χ0v) is 11.9. The van der Waals surface area contributed by atoms with Crippen LogP contribution in [0.5, 0.6) is 0 Å². The zero-order valence-electron chi connectivity index (χ0n) is 11.9. The predicted molar refractivity (Wildman–Crippen MR) is 72.4 cm³/mol. The summed E-state index contributed by atoms with van der Waals surface area (Å²) in [6.45, 7) is 7.83. The van der Waals surface area contributed by atoms with E-state index in [0.29, 0.717) is 18.2 Å². The molecule has 1 N–H and O–H groups in total. The van der Waals surface area contributed by atoms with Gasteiger partial charge in [0.1, 0.15) is 0 Å². The maximum Gasteiger partial charge on any atom is 0.0946 e. The number of methoxy groups -OCH3 is 1. The van der Waals surface area contributed by atoms with Gasteiger partial charge in [0, 0.05) is 38.1 Å². The molecule has 1 atom stereocenters. The summed E-state index contributed by atoms with van der Waals surface area (Å²) in [5, 5.41) is 3.77. The highest BCUT2D eigenvalue weighted by molar-refractivity contribution is 4.92. The first kappa shape index (κ1) is 13.6. The number of hydrogen-bond donors (Lipinski definition) is 1. The van der Waals surface area contributed by atoms with Crippen LogP contribution in [0.1, 0.15) is 33.6 Å². The first-order chi connectivity index (χ1) is 8.49. The average Bonchev–Trinajstić information content (AvgIpc) is 2.71. The molecular formula is C14H25N3O. The van der Waals surface area contributed by atoms with Crippen molar-refractivity contribution >= 4 is 0 Å². The van der Waals surface area contributed by atoms with Crippen LogP contribution in [0.15, 0.2) is 18.7 Å². The Bertz CT molecular complexity index is 350. The molecule has 4 heteroatoms. The third-order valence-electron chi connectivity index (χ3n) is 3.86. The Morgan fingerprint density at radius 2 is 2.17 bits per heavy atom. The Morgan fingerprint density at radius 1 is 1.44 bits per heavy atom. The van der Waals surface area contributed by atoms with Crippen LogP contribution >= 0.6 is 0 Å². The van der Waals surface area contributed by atoms with E-state index in [-0.39, 0.29) is 5.41 Å². The van der Waals surface area contributed by atoms with Gasteiger partial charge in [0.15, 0.2) is 0 Å². The van der Waals surface area contributed by atoms with E-state index in [1.165, 1.54) is 0 Å². The number of aromatic nitrogens is 2. The highest BCUT2D eigenvalue weighted by atomic mass is 16.5. The molecule has 4 nitrogen and oxygen atoms in total. The van der Waals surface area contributed by atoms with Crippen molar-refractivity contribution in [2.24, 2.45) is 5.41 Å². The van der Waals surface area contributed by atoms with E-state index in [1.54, 1.807) is 7.11 Å². The number of nitrogens with one attached hydrogen (secondary N) is 1. The first-order valence-electron chi connectivity index (χ1n) is 6.73. The molecule has 1 heterocycles. The lowest BCUT2D eigenvalue weighted by atomic mass is 9.82. The van der Waals surface area contributed by atoms with E-state index >= 15 is 0 Å². The van der Waals surface area contributed by atoms with Crippen LogP contribution in [0, 0.1) is 5.41 Å². The van der Waals surface area contributed by atoms with E-state index in [0.717, 1.165) is 19.4 Å². The second-order valence-corrected chi connectivity index (χ2v) is 6.37. The van der Waals surface area contributed by atoms with Gasteiger partial charge in [-0.15, -0.1) is 0 Å². The van der Waals surface area contributed by atoms with Crippen molar-refractivity contribution < 1.29 is 4.74 Å². The molecule has 1 aliphatic rings. The van der Waals surface area contributed by atoms with Gasteiger partial charge in [0.2, 0.25) is 0 Å². The van der Waals surface area contributed by atoms with Crippen molar-refractivity contribution in [1.82, 2.24) is 14.9 Å². The molecule has 1 saturated carbocycles. The number of ether oxygens (including phenoxy) is 1. The summed E-state index contributed by atoms with van der Waals surface area (Å²) in [5.41, 5.74) is 0.239. The third-order valence-corrected chi connectivity index (χ3v) is 3.86. The molecule has 18 heavy (non-hydrogen) atoms. The Morgan fingerprint density at radius 3 is 2.67 bits per heavy atom. The van der Waals surface area contributed by atoms with Crippen molar-refractivity contribution in [3.8, 4) is 0 Å². The topological polar surface area (TPSA) is 39.1 Å². The molecule has 1 aliphatic carbocycles. The number of nitrogens with zero attached hydrogens (tertiary/aromatic N) is 2. The lowest BCUT2D eigenvalue weighted by Gasteiger charge is -2.41. The normalized spacial score (nSPS) is 25.8. The van der Waals surface area contributed by atoms with Gasteiger partial charge in [0.25, 0.3) is 0 Å². The maximum atomic E-state index is 5.33. The quantitative estimate of drug-likeness (QED) is 0.870. The smallest absolute Gasteiger partial charge is 0.0946 e. The van der Waals surface area contributed by atoms with E-state index in [4.69, 9.17) is 4.74 Å². The highest BCUT2D eigenvalue weighted by Crippen LogP contribution is 2.27. The fourth-order valence-electron chi connectivity index (χ4n) is 2.36. The average molecular weight is 251 g/mol. The van der Waals surface area contributed by atoms with Crippen LogP contribution in [-0.2, 0) is 11.3 Å².